The van der Waals surface area contributed by atoms with Crippen LogP contribution in [0.1, 0.15) is 36.1 Å². The molecular weight excluding hydrogens is 404 g/mol. The topological polar surface area (TPSA) is 32.3 Å². The number of carbonyl (C=O) groups excluding carboxylic acids is 1. The minimum Gasteiger partial charge on any atom is -0.354 e. The maximum absolute atomic E-state index is 10.5. The van der Waals surface area contributed by atoms with Crippen LogP contribution in [0.4, 0.5) is 0 Å². The zero-order chi connectivity index (χ0) is 24.4. The van der Waals surface area contributed by atoms with Crippen molar-refractivity contribution < 1.29 is 4.79 Å². The number of aryl methyl sites for hydroxylation is 1. The lowest BCUT2D eigenvalue weighted by atomic mass is 9.91. The van der Waals surface area contributed by atoms with E-state index in [9.17, 15) is 4.79 Å². The van der Waals surface area contributed by atoms with E-state index in [2.05, 4.69) is 93.5 Å². The van der Waals surface area contributed by atoms with E-state index in [0.29, 0.717) is 6.54 Å². The van der Waals surface area contributed by atoms with Crippen LogP contribution in [0.25, 0.3) is 11.1 Å². The van der Waals surface area contributed by atoms with E-state index in [0.717, 1.165) is 40.9 Å². The second-order valence-corrected chi connectivity index (χ2v) is 8.49. The summed E-state index contributed by atoms with van der Waals surface area (Å²) in [7, 11) is 1.94. The van der Waals surface area contributed by atoms with Crippen molar-refractivity contribution >= 4 is 17.1 Å². The molecule has 1 aliphatic heterocycles. The highest BCUT2D eigenvalue weighted by Crippen LogP contribution is 2.29. The molecular formula is C30H36N2O. The van der Waals surface area contributed by atoms with E-state index in [1.54, 1.807) is 0 Å². The van der Waals surface area contributed by atoms with Crippen molar-refractivity contribution in [3.8, 4) is 0 Å². The first-order chi connectivity index (χ1) is 15.7. The number of nitrogens with one attached hydrogen (secondary N) is 1. The minimum absolute atomic E-state index is 0.138. The van der Waals surface area contributed by atoms with Crippen LogP contribution in [0.3, 0.4) is 0 Å². The largest absolute Gasteiger partial charge is 0.354 e. The predicted octanol–water partition coefficient (Wildman–Crippen LogP) is 6.20. The van der Waals surface area contributed by atoms with Gasteiger partial charge in [0, 0.05) is 13.1 Å². The molecule has 172 valence electrons. The van der Waals surface area contributed by atoms with Gasteiger partial charge in [-0.25, -0.2) is 0 Å². The van der Waals surface area contributed by atoms with Crippen molar-refractivity contribution in [2.45, 2.75) is 20.8 Å². The number of piperazine rings is 1. The maximum Gasteiger partial charge on any atom is 0.234 e. The number of carbonyl (C=O) groups is 1. The van der Waals surface area contributed by atoms with Crippen LogP contribution in [0, 0.1) is 6.92 Å². The molecule has 3 rings (SSSR count). The van der Waals surface area contributed by atoms with Gasteiger partial charge in [-0.1, -0.05) is 97.6 Å². The summed E-state index contributed by atoms with van der Waals surface area (Å²) < 4.78 is 0. The smallest absolute Gasteiger partial charge is 0.234 e. The molecule has 1 N–H and O–H groups in total. The molecule has 1 heterocycles. The molecule has 0 aromatic heterocycles. The fourth-order valence-electron chi connectivity index (χ4n) is 3.31. The lowest BCUT2D eigenvalue weighted by Crippen LogP contribution is -2.45. The van der Waals surface area contributed by atoms with E-state index in [1.165, 1.54) is 16.7 Å². The van der Waals surface area contributed by atoms with Crippen LogP contribution in [0.2, 0.25) is 0 Å². The first kappa shape index (κ1) is 25.8. The molecule has 33 heavy (non-hydrogen) atoms. The highest BCUT2D eigenvalue weighted by atomic mass is 16.2. The summed E-state index contributed by atoms with van der Waals surface area (Å²) in [5.74, 6) is 0.138. The van der Waals surface area contributed by atoms with E-state index < -0.39 is 0 Å². The average molecular weight is 441 g/mol. The van der Waals surface area contributed by atoms with Crippen LogP contribution in [-0.4, -0.2) is 37.5 Å². The Kier molecular flexibility index (Phi) is 9.84. The number of benzene rings is 2. The van der Waals surface area contributed by atoms with Gasteiger partial charge in [-0.05, 0) is 61.2 Å². The Morgan fingerprint density at radius 3 is 2.18 bits per heavy atom. The maximum atomic E-state index is 10.5. The number of nitrogens with zero attached hydrogens (tertiary/aromatic N) is 1. The van der Waals surface area contributed by atoms with Crippen LogP contribution < -0.4 is 5.32 Å². The van der Waals surface area contributed by atoms with Crippen LogP contribution >= 0.6 is 0 Å². The Labute approximate surface area is 199 Å². The molecule has 1 aliphatic rings. The summed E-state index contributed by atoms with van der Waals surface area (Å²) in [6.07, 6.45) is 6.12. The molecule has 1 saturated heterocycles. The van der Waals surface area contributed by atoms with Gasteiger partial charge in [0.2, 0.25) is 5.91 Å². The van der Waals surface area contributed by atoms with Gasteiger partial charge >= 0.3 is 0 Å². The molecule has 0 radical (unpaired) electrons. The Morgan fingerprint density at radius 1 is 1.00 bits per heavy atom. The summed E-state index contributed by atoms with van der Waals surface area (Å²) in [4.78, 5) is 12.5. The van der Waals surface area contributed by atoms with Gasteiger partial charge in [0.25, 0.3) is 0 Å². The molecule has 0 spiro atoms. The van der Waals surface area contributed by atoms with Crippen molar-refractivity contribution in [2.24, 2.45) is 0 Å². The van der Waals surface area contributed by atoms with E-state index >= 15 is 0 Å². The second kappa shape index (κ2) is 12.6. The highest BCUT2D eigenvalue weighted by molar-refractivity contribution is 5.86. The van der Waals surface area contributed by atoms with Gasteiger partial charge in [0.1, 0.15) is 0 Å². The molecule has 1 amide bonds. The predicted molar refractivity (Wildman–Crippen MR) is 143 cm³/mol. The molecule has 3 heteroatoms. The number of likely N-dealkylation sites (N-methyl/N-ethyl adjacent to an activating group) is 1. The summed E-state index contributed by atoms with van der Waals surface area (Å²) in [5, 5.41) is 2.73. The summed E-state index contributed by atoms with van der Waals surface area (Å²) in [5.41, 5.74) is 8.91. The highest BCUT2D eigenvalue weighted by Gasteiger charge is 2.10. The zero-order valence-corrected chi connectivity index (χ0v) is 20.4. The third-order valence-electron chi connectivity index (χ3n) is 5.50. The standard InChI is InChI=1S/C25H26.C5H10N2O/c1-18(2)20(4)10-9-11-21(5)24-12-7-8-13-25(24)22(6)23-16-14-19(3)15-17-23;1-7-3-2-6-5(8)4-7/h7-17H,1,4,6H2,2-3,5H3;2-4H2,1H3,(H,6,8)/b10-9-,21-11+;. The van der Waals surface area contributed by atoms with Gasteiger partial charge in [-0.15, -0.1) is 0 Å². The van der Waals surface area contributed by atoms with Crippen LogP contribution in [-0.2, 0) is 4.79 Å². The van der Waals surface area contributed by atoms with Crippen LogP contribution in [0.5, 0.6) is 0 Å². The number of rotatable bonds is 6. The molecule has 0 aliphatic carbocycles. The minimum atomic E-state index is 0.138. The average Bonchev–Trinajstić information content (AvgIpc) is 2.79. The van der Waals surface area contributed by atoms with E-state index in [4.69, 9.17) is 0 Å². The number of hydrogen-bond acceptors (Lipinski definition) is 2. The SMILES string of the molecule is C=C(C)C(=C)/C=C\C=C(/C)c1ccccc1C(=C)c1ccc(C)cc1.CN1CCNC(=O)C1. The Bertz CT molecular complexity index is 1070. The summed E-state index contributed by atoms with van der Waals surface area (Å²) in [6.45, 7) is 20.7. The quantitative estimate of drug-likeness (QED) is 0.543. The van der Waals surface area contributed by atoms with Crippen LogP contribution in [0.15, 0.2) is 97.6 Å². The Balaban J connectivity index is 0.000000405. The van der Waals surface area contributed by atoms with Gasteiger partial charge in [0.05, 0.1) is 6.54 Å². The molecule has 2 aromatic carbocycles. The lowest BCUT2D eigenvalue weighted by molar-refractivity contribution is -0.123. The number of allylic oxidation sites excluding steroid dienone is 6. The molecule has 0 bridgehead atoms. The molecule has 1 fully saturated rings. The molecule has 0 saturated carbocycles. The Hall–Kier alpha value is -3.43. The molecule has 0 atom stereocenters. The van der Waals surface area contributed by atoms with Crippen molar-refractivity contribution in [3.63, 3.8) is 0 Å². The fourth-order valence-corrected chi connectivity index (χ4v) is 3.31. The van der Waals surface area contributed by atoms with E-state index in [1.807, 2.05) is 31.0 Å². The first-order valence-electron chi connectivity index (χ1n) is 11.2. The number of amides is 1. The normalized spacial score (nSPS) is 14.3. The van der Waals surface area contributed by atoms with Gasteiger partial charge < -0.3 is 5.32 Å². The first-order valence-corrected chi connectivity index (χ1v) is 11.2. The fraction of sp³-hybridized carbons (Fsp3) is 0.233. The van der Waals surface area contributed by atoms with Gasteiger partial charge in [-0.3, -0.25) is 9.69 Å². The monoisotopic (exact) mass is 440 g/mol. The van der Waals surface area contributed by atoms with Crippen molar-refractivity contribution in [1.82, 2.24) is 10.2 Å². The van der Waals surface area contributed by atoms with Gasteiger partial charge in [-0.2, -0.15) is 0 Å². The number of hydrogen-bond donors (Lipinski definition) is 1. The molecule has 3 nitrogen and oxygen atoms in total. The second-order valence-electron chi connectivity index (χ2n) is 8.49. The lowest BCUT2D eigenvalue weighted by Gasteiger charge is -2.21. The van der Waals surface area contributed by atoms with E-state index in [-0.39, 0.29) is 5.91 Å². The molecule has 2 aromatic rings. The van der Waals surface area contributed by atoms with Gasteiger partial charge in [0.15, 0.2) is 0 Å². The summed E-state index contributed by atoms with van der Waals surface area (Å²) in [6, 6.07) is 16.9. The third kappa shape index (κ3) is 8.21. The summed E-state index contributed by atoms with van der Waals surface area (Å²) >= 11 is 0. The van der Waals surface area contributed by atoms with Crippen molar-refractivity contribution in [1.29, 1.82) is 0 Å². The third-order valence-corrected chi connectivity index (χ3v) is 5.50. The zero-order valence-electron chi connectivity index (χ0n) is 20.4. The molecule has 0 unspecified atom stereocenters. The van der Waals surface area contributed by atoms with Crippen molar-refractivity contribution in [2.75, 3.05) is 26.7 Å². The van der Waals surface area contributed by atoms with Crippen molar-refractivity contribution in [3.05, 3.63) is 120 Å². The Morgan fingerprint density at radius 2 is 1.64 bits per heavy atom.